The molecule has 2 aromatic heterocycles. The van der Waals surface area contributed by atoms with E-state index in [2.05, 4.69) is 20.3 Å². The van der Waals surface area contributed by atoms with Gasteiger partial charge >= 0.3 is 6.03 Å². The number of carbonyl (C=O) groups excluding carboxylic acids is 1. The molecule has 1 unspecified atom stereocenters. The number of hydrogen-bond donors (Lipinski definition) is 1. The third-order valence-electron chi connectivity index (χ3n) is 5.22. The van der Waals surface area contributed by atoms with Crippen molar-refractivity contribution < 1.29 is 4.79 Å². The van der Waals surface area contributed by atoms with Crippen LogP contribution in [0.1, 0.15) is 12.1 Å². The number of amides is 2. The average Bonchev–Trinajstić information content (AvgIpc) is 3.36. The fraction of sp³-hybridized carbons (Fsp3) is 0.286. The van der Waals surface area contributed by atoms with E-state index >= 15 is 0 Å². The Bertz CT molecular complexity index is 940. The standard InChI is InChI=1S/C21H24N6O/c1-16-20(15-27(24-16)18-6-4-3-5-7-18)23-21(28)25(2)19-10-13-26(14-19)17-8-11-22-12-9-17/h3-9,11-12,15,19H,10,13-14H2,1-2H3,(H,23,28). The van der Waals surface area contributed by atoms with E-state index in [1.807, 2.05) is 62.6 Å². The van der Waals surface area contributed by atoms with Crippen LogP contribution in [0, 0.1) is 6.92 Å². The second-order valence-corrected chi connectivity index (χ2v) is 7.04. The Morgan fingerprint density at radius 3 is 2.64 bits per heavy atom. The van der Waals surface area contributed by atoms with Gasteiger partial charge in [0.05, 0.1) is 29.3 Å². The second-order valence-electron chi connectivity index (χ2n) is 7.04. The van der Waals surface area contributed by atoms with Gasteiger partial charge in [-0.2, -0.15) is 5.10 Å². The molecule has 0 radical (unpaired) electrons. The van der Waals surface area contributed by atoms with Crippen LogP contribution in [0.25, 0.3) is 5.69 Å². The van der Waals surface area contributed by atoms with Crippen molar-refractivity contribution in [2.24, 2.45) is 0 Å². The second kappa shape index (κ2) is 7.72. The molecule has 0 spiro atoms. The zero-order chi connectivity index (χ0) is 19.5. The average molecular weight is 376 g/mol. The lowest BCUT2D eigenvalue weighted by Gasteiger charge is -2.25. The number of rotatable bonds is 4. The number of pyridine rings is 1. The molecule has 1 aromatic carbocycles. The first-order valence-electron chi connectivity index (χ1n) is 9.42. The summed E-state index contributed by atoms with van der Waals surface area (Å²) in [5.41, 5.74) is 3.62. The van der Waals surface area contributed by atoms with Crippen LogP contribution < -0.4 is 10.2 Å². The van der Waals surface area contributed by atoms with Gasteiger partial charge in [-0.1, -0.05) is 18.2 Å². The number of likely N-dealkylation sites (N-methyl/N-ethyl adjacent to an activating group) is 1. The molecule has 1 aliphatic heterocycles. The van der Waals surface area contributed by atoms with Crippen LogP contribution in [0.5, 0.6) is 0 Å². The fourth-order valence-corrected chi connectivity index (χ4v) is 3.51. The highest BCUT2D eigenvalue weighted by molar-refractivity contribution is 5.90. The maximum atomic E-state index is 12.8. The van der Waals surface area contributed by atoms with Gasteiger partial charge in [-0.3, -0.25) is 4.98 Å². The van der Waals surface area contributed by atoms with Crippen LogP contribution >= 0.6 is 0 Å². The number of aromatic nitrogens is 3. The number of aryl methyl sites for hydroxylation is 1. The van der Waals surface area contributed by atoms with Gasteiger partial charge < -0.3 is 15.1 Å². The Labute approximate surface area is 164 Å². The molecule has 1 fully saturated rings. The molecule has 1 N–H and O–H groups in total. The first kappa shape index (κ1) is 18.0. The largest absolute Gasteiger partial charge is 0.369 e. The van der Waals surface area contributed by atoms with Crippen molar-refractivity contribution in [3.63, 3.8) is 0 Å². The number of nitrogens with zero attached hydrogens (tertiary/aromatic N) is 5. The summed E-state index contributed by atoms with van der Waals surface area (Å²) in [4.78, 5) is 20.9. The minimum absolute atomic E-state index is 0.114. The van der Waals surface area contributed by atoms with Crippen LogP contribution in [0.15, 0.2) is 61.1 Å². The van der Waals surface area contributed by atoms with Crippen molar-refractivity contribution in [3.8, 4) is 5.69 Å². The summed E-state index contributed by atoms with van der Waals surface area (Å²) in [5, 5.41) is 7.52. The zero-order valence-electron chi connectivity index (χ0n) is 16.1. The van der Waals surface area contributed by atoms with Crippen LogP contribution in [0.4, 0.5) is 16.2 Å². The molecule has 0 bridgehead atoms. The summed E-state index contributed by atoms with van der Waals surface area (Å²) in [6.07, 6.45) is 6.39. The Morgan fingerprint density at radius 2 is 1.89 bits per heavy atom. The molecule has 3 heterocycles. The fourth-order valence-electron chi connectivity index (χ4n) is 3.51. The number of nitrogens with one attached hydrogen (secondary N) is 1. The third kappa shape index (κ3) is 3.69. The molecule has 1 atom stereocenters. The van der Waals surface area contributed by atoms with Crippen LogP contribution in [-0.2, 0) is 0 Å². The maximum absolute atomic E-state index is 12.8. The molecule has 0 saturated carbocycles. The summed E-state index contributed by atoms with van der Waals surface area (Å²) >= 11 is 0. The zero-order valence-corrected chi connectivity index (χ0v) is 16.1. The van der Waals surface area contributed by atoms with Crippen molar-refractivity contribution in [3.05, 3.63) is 66.7 Å². The highest BCUT2D eigenvalue weighted by Gasteiger charge is 2.29. The number of urea groups is 1. The normalized spacial score (nSPS) is 16.2. The van der Waals surface area contributed by atoms with Gasteiger partial charge in [-0.05, 0) is 37.6 Å². The first-order chi connectivity index (χ1) is 13.6. The van der Waals surface area contributed by atoms with E-state index in [0.717, 1.165) is 42.3 Å². The van der Waals surface area contributed by atoms with Gasteiger partial charge in [-0.25, -0.2) is 9.48 Å². The Hall–Kier alpha value is -3.35. The minimum Gasteiger partial charge on any atom is -0.369 e. The molecule has 1 saturated heterocycles. The monoisotopic (exact) mass is 376 g/mol. The molecule has 4 rings (SSSR count). The van der Waals surface area contributed by atoms with Crippen LogP contribution in [-0.4, -0.2) is 51.9 Å². The van der Waals surface area contributed by atoms with Gasteiger partial charge in [0, 0.05) is 38.2 Å². The number of hydrogen-bond acceptors (Lipinski definition) is 4. The summed E-state index contributed by atoms with van der Waals surface area (Å²) < 4.78 is 1.78. The molecule has 1 aliphatic rings. The van der Waals surface area contributed by atoms with E-state index in [4.69, 9.17) is 0 Å². The highest BCUT2D eigenvalue weighted by Crippen LogP contribution is 2.23. The minimum atomic E-state index is -0.114. The van der Waals surface area contributed by atoms with Crippen LogP contribution in [0.2, 0.25) is 0 Å². The third-order valence-corrected chi connectivity index (χ3v) is 5.22. The number of para-hydroxylation sites is 1. The lowest BCUT2D eigenvalue weighted by atomic mass is 10.2. The molecule has 2 amide bonds. The predicted molar refractivity (Wildman–Crippen MR) is 110 cm³/mol. The van der Waals surface area contributed by atoms with Crippen molar-refractivity contribution >= 4 is 17.4 Å². The van der Waals surface area contributed by atoms with Gasteiger partial charge in [0.15, 0.2) is 0 Å². The lowest BCUT2D eigenvalue weighted by Crippen LogP contribution is -2.41. The van der Waals surface area contributed by atoms with E-state index in [9.17, 15) is 4.79 Å². The Kier molecular flexibility index (Phi) is 4.97. The lowest BCUT2D eigenvalue weighted by molar-refractivity contribution is 0.208. The number of anilines is 2. The van der Waals surface area contributed by atoms with E-state index in [1.165, 1.54) is 0 Å². The molecular weight excluding hydrogens is 352 g/mol. The summed E-state index contributed by atoms with van der Waals surface area (Å²) in [7, 11) is 1.85. The van der Waals surface area contributed by atoms with Gasteiger partial charge in [0.1, 0.15) is 0 Å². The van der Waals surface area contributed by atoms with E-state index in [1.54, 1.807) is 22.0 Å². The first-order valence-corrected chi connectivity index (χ1v) is 9.42. The smallest absolute Gasteiger partial charge is 0.321 e. The van der Waals surface area contributed by atoms with Crippen molar-refractivity contribution in [2.45, 2.75) is 19.4 Å². The molecular formula is C21H24N6O. The maximum Gasteiger partial charge on any atom is 0.321 e. The summed E-state index contributed by atoms with van der Waals surface area (Å²) in [5.74, 6) is 0. The van der Waals surface area contributed by atoms with Gasteiger partial charge in [0.2, 0.25) is 0 Å². The predicted octanol–water partition coefficient (Wildman–Crippen LogP) is 3.32. The highest BCUT2D eigenvalue weighted by atomic mass is 16.2. The molecule has 28 heavy (non-hydrogen) atoms. The molecule has 7 nitrogen and oxygen atoms in total. The van der Waals surface area contributed by atoms with Crippen LogP contribution in [0.3, 0.4) is 0 Å². The molecule has 0 aliphatic carbocycles. The summed E-state index contributed by atoms with van der Waals surface area (Å²) in [6, 6.07) is 13.9. The van der Waals surface area contributed by atoms with E-state index in [-0.39, 0.29) is 12.1 Å². The SMILES string of the molecule is Cc1nn(-c2ccccc2)cc1NC(=O)N(C)C1CCN(c2ccncc2)C1. The van der Waals surface area contributed by atoms with Crippen molar-refractivity contribution in [1.82, 2.24) is 19.7 Å². The Balaban J connectivity index is 1.41. The Morgan fingerprint density at radius 1 is 1.14 bits per heavy atom. The van der Waals surface area contributed by atoms with Gasteiger partial charge in [-0.15, -0.1) is 0 Å². The molecule has 7 heteroatoms. The van der Waals surface area contributed by atoms with E-state index in [0.29, 0.717) is 0 Å². The quantitative estimate of drug-likeness (QED) is 0.759. The van der Waals surface area contributed by atoms with Gasteiger partial charge in [0.25, 0.3) is 0 Å². The number of carbonyl (C=O) groups is 1. The summed E-state index contributed by atoms with van der Waals surface area (Å²) in [6.45, 7) is 3.64. The number of benzene rings is 1. The molecule has 144 valence electrons. The topological polar surface area (TPSA) is 66.3 Å². The molecule has 3 aromatic rings. The van der Waals surface area contributed by atoms with Crippen molar-refractivity contribution in [2.75, 3.05) is 30.4 Å². The van der Waals surface area contributed by atoms with Crippen molar-refractivity contribution in [1.29, 1.82) is 0 Å². The van der Waals surface area contributed by atoms with E-state index < -0.39 is 0 Å².